The predicted octanol–water partition coefficient (Wildman–Crippen LogP) is -1.21. The van der Waals surface area contributed by atoms with E-state index in [1.54, 1.807) is 0 Å². The first kappa shape index (κ1) is 34.3. The van der Waals surface area contributed by atoms with Gasteiger partial charge in [0.1, 0.15) is 24.4 Å². The summed E-state index contributed by atoms with van der Waals surface area (Å²) < 4.78 is 14.8. The van der Waals surface area contributed by atoms with Gasteiger partial charge < -0.3 is 40.5 Å². The maximum atomic E-state index is 10.9. The van der Waals surface area contributed by atoms with Gasteiger partial charge in [0.15, 0.2) is 58.6 Å². The zero-order valence-electron chi connectivity index (χ0n) is 27.1. The lowest BCUT2D eigenvalue weighted by atomic mass is 10.1. The lowest BCUT2D eigenvalue weighted by molar-refractivity contribution is -0.0384. The van der Waals surface area contributed by atoms with Gasteiger partial charge in [-0.15, -0.1) is 20.4 Å². The quantitative estimate of drug-likeness (QED) is 0.0667. The molecule has 0 unspecified atom stereocenters. The van der Waals surface area contributed by atoms with Crippen molar-refractivity contribution in [2.75, 3.05) is 23.7 Å². The molecule has 0 radical (unpaired) electrons. The van der Waals surface area contributed by atoms with Crippen LogP contribution in [0.5, 0.6) is 0 Å². The first-order valence-electron chi connectivity index (χ1n) is 16.0. The normalized spacial score (nSPS) is 26.2. The van der Waals surface area contributed by atoms with Crippen molar-refractivity contribution in [1.29, 1.82) is 0 Å². The molecule has 26 heteroatoms. The summed E-state index contributed by atoms with van der Waals surface area (Å²) in [6.45, 7) is 5.14. The summed E-state index contributed by atoms with van der Waals surface area (Å²) in [5.74, 6) is 0.828. The lowest BCUT2D eigenvalue weighted by Gasteiger charge is -2.17. The molecule has 0 bridgehead atoms. The highest BCUT2D eigenvalue weighted by Gasteiger charge is 2.48. The zero-order chi connectivity index (χ0) is 36.3. The molecule has 52 heavy (non-hydrogen) atoms. The third-order valence-corrected chi connectivity index (χ3v) is 8.87. The number of hydrogen-bond donors (Lipinski definition) is 6. The molecule has 0 aliphatic carbocycles. The molecule has 2 fully saturated rings. The Labute approximate surface area is 300 Å². The monoisotopic (exact) mass is 760 g/mol. The highest BCUT2D eigenvalue weighted by Crippen LogP contribution is 2.40. The van der Waals surface area contributed by atoms with Crippen LogP contribution in [-0.2, 0) is 22.6 Å². The molecule has 24 nitrogen and oxygen atoms in total. The standard InChI is InChI=1S/C26H30Cl2N18O6/c1-3-45-39-19(37-41-45)15-11(47)13(49)23(51-15)43-7-31-9-17(33-25(27)35-21(9)43)29-5-6-30-18-10-22(36-26(28)34-18)44(8-32-10)24-14(50)12(48)16(52-24)20-38-42-46(4-2)40-20/h7-8,11-16,23-24,47-50H,3-6H2,1-2H3,(H,29,33,35)(H,30,34,36)/t11-,12-,13+,14+,15-,16-,23+,24+/m0/s1. The maximum absolute atomic E-state index is 10.9. The summed E-state index contributed by atoms with van der Waals surface area (Å²) in [4.78, 5) is 28.6. The number of anilines is 2. The number of imidazole rings is 2. The van der Waals surface area contributed by atoms with Crippen molar-refractivity contribution in [2.24, 2.45) is 0 Å². The molecule has 6 aromatic rings. The number of aromatic nitrogens is 16. The smallest absolute Gasteiger partial charge is 0.226 e. The average Bonchev–Trinajstić information content (AvgIpc) is 3.99. The number of tetrazole rings is 2. The molecule has 8 rings (SSSR count). The number of fused-ring (bicyclic) bond motifs is 2. The Kier molecular flexibility index (Phi) is 8.98. The molecule has 274 valence electrons. The van der Waals surface area contributed by atoms with Crippen LogP contribution in [0.4, 0.5) is 11.6 Å². The fourth-order valence-electron chi connectivity index (χ4n) is 5.97. The predicted molar refractivity (Wildman–Crippen MR) is 174 cm³/mol. The fraction of sp³-hybridized carbons (Fsp3) is 0.538. The SMILES string of the molecule is CCn1nnc([C@H]2O[C@@H](n3cnc4c(NCCNc5nc(Cl)nc6c5ncn6[C@@H]5O[C@H](c6nnn(CC)n6)[C@@H](O)[C@H]5O)nc(Cl)nc43)[C@H](O)[C@@H]2O)n1. The Balaban J connectivity index is 0.964. The van der Waals surface area contributed by atoms with E-state index in [2.05, 4.69) is 71.4 Å². The number of aryl methyl sites for hydroxylation is 2. The Morgan fingerprint density at radius 2 is 1.08 bits per heavy atom. The van der Waals surface area contributed by atoms with Crippen molar-refractivity contribution in [3.05, 3.63) is 34.9 Å². The molecule has 6 aromatic heterocycles. The van der Waals surface area contributed by atoms with Gasteiger partial charge in [-0.3, -0.25) is 9.13 Å². The number of aliphatic hydroxyl groups is 4. The van der Waals surface area contributed by atoms with Crippen LogP contribution in [0.15, 0.2) is 12.7 Å². The van der Waals surface area contributed by atoms with Crippen molar-refractivity contribution in [3.63, 3.8) is 0 Å². The summed E-state index contributed by atoms with van der Waals surface area (Å²) in [6.07, 6.45) is -6.94. The minimum Gasteiger partial charge on any atom is -0.387 e. The van der Waals surface area contributed by atoms with E-state index in [-0.39, 0.29) is 58.2 Å². The highest BCUT2D eigenvalue weighted by molar-refractivity contribution is 6.29. The summed E-state index contributed by atoms with van der Waals surface area (Å²) in [5.41, 5.74) is 1.12. The first-order valence-corrected chi connectivity index (χ1v) is 16.8. The zero-order valence-corrected chi connectivity index (χ0v) is 28.6. The van der Waals surface area contributed by atoms with E-state index in [9.17, 15) is 20.4 Å². The summed E-state index contributed by atoms with van der Waals surface area (Å²) in [5, 5.41) is 73.4. The van der Waals surface area contributed by atoms with Gasteiger partial charge in [-0.1, -0.05) is 0 Å². The van der Waals surface area contributed by atoms with E-state index < -0.39 is 49.1 Å². The minimum absolute atomic E-state index is 0.105. The summed E-state index contributed by atoms with van der Waals surface area (Å²) in [6, 6.07) is 0. The number of halogens is 2. The molecular formula is C26H30Cl2N18O6. The van der Waals surface area contributed by atoms with E-state index in [0.29, 0.717) is 24.1 Å². The van der Waals surface area contributed by atoms with E-state index in [4.69, 9.17) is 32.7 Å². The van der Waals surface area contributed by atoms with Crippen LogP contribution < -0.4 is 10.6 Å². The topological polar surface area (TPSA) is 298 Å². The third-order valence-electron chi connectivity index (χ3n) is 8.53. The van der Waals surface area contributed by atoms with E-state index in [0.717, 1.165) is 0 Å². The molecule has 0 spiro atoms. The van der Waals surface area contributed by atoms with Gasteiger partial charge >= 0.3 is 0 Å². The maximum Gasteiger partial charge on any atom is 0.226 e. The second kappa shape index (κ2) is 13.6. The van der Waals surface area contributed by atoms with Gasteiger partial charge in [-0.25, -0.2) is 9.97 Å². The van der Waals surface area contributed by atoms with Crippen LogP contribution in [0.25, 0.3) is 22.3 Å². The number of ether oxygens (including phenoxy) is 2. The van der Waals surface area contributed by atoms with Gasteiger partial charge in [-0.05, 0) is 47.5 Å². The first-order chi connectivity index (χ1) is 25.1. The van der Waals surface area contributed by atoms with E-state index in [1.165, 1.54) is 31.4 Å². The second-order valence-corrected chi connectivity index (χ2v) is 12.4. The number of hydrogen-bond acceptors (Lipinski definition) is 20. The molecule has 8 heterocycles. The molecule has 2 aliphatic rings. The van der Waals surface area contributed by atoms with Crippen molar-refractivity contribution >= 4 is 57.2 Å². The van der Waals surface area contributed by atoms with Crippen LogP contribution in [0.3, 0.4) is 0 Å². The van der Waals surface area contributed by atoms with Crippen molar-refractivity contribution in [2.45, 2.75) is 76.0 Å². The minimum atomic E-state index is -1.37. The molecule has 6 N–H and O–H groups in total. The Bertz CT molecular complexity index is 2070. The molecule has 8 atom stereocenters. The largest absolute Gasteiger partial charge is 0.387 e. The third kappa shape index (κ3) is 5.91. The molecule has 0 amide bonds. The van der Waals surface area contributed by atoms with Crippen molar-refractivity contribution in [3.8, 4) is 0 Å². The number of aliphatic hydroxyl groups excluding tert-OH is 4. The van der Waals surface area contributed by atoms with Crippen LogP contribution >= 0.6 is 23.2 Å². The van der Waals surface area contributed by atoms with Gasteiger partial charge in [0, 0.05) is 13.1 Å². The number of nitrogens with one attached hydrogen (secondary N) is 2. The second-order valence-electron chi connectivity index (χ2n) is 11.7. The fourth-order valence-corrected chi connectivity index (χ4v) is 6.30. The number of nitrogens with zero attached hydrogens (tertiary/aromatic N) is 16. The Morgan fingerprint density at radius 3 is 1.46 bits per heavy atom. The van der Waals surface area contributed by atoms with Crippen LogP contribution in [0.2, 0.25) is 10.6 Å². The van der Waals surface area contributed by atoms with Gasteiger partial charge in [0.25, 0.3) is 0 Å². The van der Waals surface area contributed by atoms with Crippen LogP contribution in [0.1, 0.15) is 50.2 Å². The Hall–Kier alpha value is -4.82. The van der Waals surface area contributed by atoms with Gasteiger partial charge in [0.05, 0.1) is 25.7 Å². The number of rotatable bonds is 11. The summed E-state index contributed by atoms with van der Waals surface area (Å²) >= 11 is 12.6. The molecule has 2 saturated heterocycles. The van der Waals surface area contributed by atoms with Crippen molar-refractivity contribution in [1.82, 2.24) is 79.5 Å². The highest BCUT2D eigenvalue weighted by atomic mass is 35.5. The van der Waals surface area contributed by atoms with Gasteiger partial charge in [0.2, 0.25) is 22.2 Å². The summed E-state index contributed by atoms with van der Waals surface area (Å²) in [7, 11) is 0. The van der Waals surface area contributed by atoms with Gasteiger partial charge in [-0.2, -0.15) is 29.5 Å². The molecule has 0 aromatic carbocycles. The van der Waals surface area contributed by atoms with Crippen LogP contribution in [0, 0.1) is 0 Å². The van der Waals surface area contributed by atoms with Crippen molar-refractivity contribution < 1.29 is 29.9 Å². The molecule has 2 aliphatic heterocycles. The Morgan fingerprint density at radius 1 is 0.654 bits per heavy atom. The average molecular weight is 762 g/mol. The lowest BCUT2D eigenvalue weighted by Crippen LogP contribution is -2.29. The van der Waals surface area contributed by atoms with Crippen LogP contribution in [-0.4, -0.2) is 137 Å². The molecule has 0 saturated carbocycles. The molecular weight excluding hydrogens is 731 g/mol. The van der Waals surface area contributed by atoms with E-state index in [1.807, 2.05) is 13.8 Å². The van der Waals surface area contributed by atoms with E-state index >= 15 is 0 Å².